The van der Waals surface area contributed by atoms with E-state index < -0.39 is 0 Å². The minimum absolute atomic E-state index is 0.0575. The molecule has 0 spiro atoms. The highest BCUT2D eigenvalue weighted by Crippen LogP contribution is 2.25. The number of aromatic nitrogens is 3. The normalized spacial score (nSPS) is 10.6. The molecule has 21 heavy (non-hydrogen) atoms. The van der Waals surface area contributed by atoms with Gasteiger partial charge in [0.05, 0.1) is 22.6 Å². The maximum atomic E-state index is 12.0. The van der Waals surface area contributed by atoms with Gasteiger partial charge in [-0.15, -0.1) is 5.10 Å². The van der Waals surface area contributed by atoms with E-state index in [1.165, 1.54) is 4.68 Å². The largest absolute Gasteiger partial charge is 0.323 e. The molecular weight excluding hydrogens is 313 g/mol. The third kappa shape index (κ3) is 4.70. The zero-order chi connectivity index (χ0) is 15.2. The predicted octanol–water partition coefficient (Wildman–Crippen LogP) is 2.33. The molecule has 1 aromatic heterocycles. The van der Waals surface area contributed by atoms with E-state index in [4.69, 9.17) is 23.2 Å². The molecule has 1 heterocycles. The van der Waals surface area contributed by atoms with Crippen LogP contribution in [-0.4, -0.2) is 27.4 Å². The Balaban J connectivity index is 1.95. The van der Waals surface area contributed by atoms with E-state index in [0.29, 0.717) is 22.3 Å². The summed E-state index contributed by atoms with van der Waals surface area (Å²) in [7, 11) is 0. The number of carbonyl (C=O) groups is 1. The van der Waals surface area contributed by atoms with Gasteiger partial charge in [0, 0.05) is 11.6 Å². The van der Waals surface area contributed by atoms with Crippen molar-refractivity contribution in [1.29, 1.82) is 0 Å². The summed E-state index contributed by atoms with van der Waals surface area (Å²) in [5.41, 5.74) is 1.26. The molecule has 2 N–H and O–H groups in total. The number of nitrogens with one attached hydrogen (secondary N) is 2. The van der Waals surface area contributed by atoms with E-state index in [-0.39, 0.29) is 12.5 Å². The Morgan fingerprint density at radius 1 is 1.38 bits per heavy atom. The summed E-state index contributed by atoms with van der Waals surface area (Å²) in [6, 6.07) is 4.88. The van der Waals surface area contributed by atoms with Crippen molar-refractivity contribution in [2.45, 2.75) is 20.0 Å². The molecule has 8 heteroatoms. The van der Waals surface area contributed by atoms with Crippen LogP contribution in [0.1, 0.15) is 12.6 Å². The zero-order valence-electron chi connectivity index (χ0n) is 11.4. The molecular formula is C13H15Cl2N5O. The van der Waals surface area contributed by atoms with Crippen LogP contribution in [0.5, 0.6) is 0 Å². The fourth-order valence-electron chi connectivity index (χ4n) is 1.68. The van der Waals surface area contributed by atoms with Crippen LogP contribution in [0.2, 0.25) is 10.0 Å². The zero-order valence-corrected chi connectivity index (χ0v) is 12.9. The highest BCUT2D eigenvalue weighted by Gasteiger charge is 2.09. The van der Waals surface area contributed by atoms with E-state index in [0.717, 1.165) is 12.2 Å². The van der Waals surface area contributed by atoms with Gasteiger partial charge in [-0.1, -0.05) is 35.3 Å². The Morgan fingerprint density at radius 3 is 2.95 bits per heavy atom. The first-order chi connectivity index (χ1) is 10.1. The highest BCUT2D eigenvalue weighted by molar-refractivity contribution is 6.35. The van der Waals surface area contributed by atoms with E-state index in [1.807, 2.05) is 6.92 Å². The van der Waals surface area contributed by atoms with Crippen molar-refractivity contribution in [2.24, 2.45) is 0 Å². The molecule has 0 bridgehead atoms. The quantitative estimate of drug-likeness (QED) is 0.854. The van der Waals surface area contributed by atoms with Crippen LogP contribution in [0.3, 0.4) is 0 Å². The number of rotatable bonds is 6. The first-order valence-electron chi connectivity index (χ1n) is 6.43. The van der Waals surface area contributed by atoms with Gasteiger partial charge >= 0.3 is 0 Å². The molecule has 1 amide bonds. The average Bonchev–Trinajstić information content (AvgIpc) is 2.88. The van der Waals surface area contributed by atoms with Crippen molar-refractivity contribution in [3.05, 3.63) is 40.1 Å². The van der Waals surface area contributed by atoms with Gasteiger partial charge in [-0.3, -0.25) is 4.79 Å². The summed E-state index contributed by atoms with van der Waals surface area (Å²) >= 11 is 11.9. The second-order valence-corrected chi connectivity index (χ2v) is 5.20. The summed E-state index contributed by atoms with van der Waals surface area (Å²) in [6.07, 6.45) is 1.72. The second kappa shape index (κ2) is 7.40. The van der Waals surface area contributed by atoms with Crippen LogP contribution < -0.4 is 10.6 Å². The molecule has 0 aliphatic heterocycles. The van der Waals surface area contributed by atoms with Crippen molar-refractivity contribution in [1.82, 2.24) is 20.3 Å². The number of anilines is 1. The van der Waals surface area contributed by atoms with E-state index in [2.05, 4.69) is 20.9 Å². The lowest BCUT2D eigenvalue weighted by atomic mass is 10.3. The lowest BCUT2D eigenvalue weighted by molar-refractivity contribution is -0.116. The Labute approximate surface area is 132 Å². The summed E-state index contributed by atoms with van der Waals surface area (Å²) < 4.78 is 1.47. The third-order valence-corrected chi connectivity index (χ3v) is 3.22. The van der Waals surface area contributed by atoms with Crippen LogP contribution >= 0.6 is 23.2 Å². The molecule has 2 rings (SSSR count). The highest BCUT2D eigenvalue weighted by atomic mass is 35.5. The minimum atomic E-state index is -0.251. The van der Waals surface area contributed by atoms with Gasteiger partial charge in [0.15, 0.2) is 0 Å². The van der Waals surface area contributed by atoms with Crippen LogP contribution in [0.15, 0.2) is 24.4 Å². The number of hydrogen-bond donors (Lipinski definition) is 2. The molecule has 112 valence electrons. The molecule has 2 aromatic rings. The number of hydrogen-bond acceptors (Lipinski definition) is 4. The monoisotopic (exact) mass is 327 g/mol. The maximum absolute atomic E-state index is 12.0. The molecule has 0 unspecified atom stereocenters. The van der Waals surface area contributed by atoms with Crippen LogP contribution in [-0.2, 0) is 17.9 Å². The average molecular weight is 328 g/mol. The Kier molecular flexibility index (Phi) is 5.55. The molecule has 0 aliphatic carbocycles. The Bertz CT molecular complexity index is 629. The molecule has 0 saturated heterocycles. The Morgan fingerprint density at radius 2 is 2.19 bits per heavy atom. The summed E-state index contributed by atoms with van der Waals surface area (Å²) in [5.74, 6) is -0.251. The van der Waals surface area contributed by atoms with Crippen molar-refractivity contribution in [3.8, 4) is 0 Å². The standard InChI is InChI=1S/C13H15Cl2N5O/c1-2-16-6-10-7-20(19-18-10)8-13(21)17-12-5-9(14)3-4-11(12)15/h3-5,7,16H,2,6,8H2,1H3,(H,17,21). The number of halogens is 2. The second-order valence-electron chi connectivity index (χ2n) is 4.36. The molecule has 0 aliphatic rings. The molecule has 0 atom stereocenters. The van der Waals surface area contributed by atoms with E-state index in [1.54, 1.807) is 24.4 Å². The molecule has 1 aromatic carbocycles. The molecule has 0 saturated carbocycles. The van der Waals surface area contributed by atoms with E-state index in [9.17, 15) is 4.79 Å². The van der Waals surface area contributed by atoms with Gasteiger partial charge in [0.25, 0.3) is 0 Å². The molecule has 0 radical (unpaired) electrons. The van der Waals surface area contributed by atoms with Gasteiger partial charge in [0.1, 0.15) is 6.54 Å². The summed E-state index contributed by atoms with van der Waals surface area (Å²) in [4.78, 5) is 12.0. The summed E-state index contributed by atoms with van der Waals surface area (Å²) in [5, 5.41) is 14.6. The predicted molar refractivity (Wildman–Crippen MR) is 82.5 cm³/mol. The van der Waals surface area contributed by atoms with Crippen LogP contribution in [0, 0.1) is 0 Å². The van der Waals surface area contributed by atoms with Crippen LogP contribution in [0.25, 0.3) is 0 Å². The van der Waals surface area contributed by atoms with Gasteiger partial charge in [-0.25, -0.2) is 4.68 Å². The first kappa shape index (κ1) is 15.8. The van der Waals surface area contributed by atoms with Crippen molar-refractivity contribution in [2.75, 3.05) is 11.9 Å². The Hall–Kier alpha value is -1.63. The van der Waals surface area contributed by atoms with Crippen molar-refractivity contribution in [3.63, 3.8) is 0 Å². The van der Waals surface area contributed by atoms with Gasteiger partial charge < -0.3 is 10.6 Å². The summed E-state index contributed by atoms with van der Waals surface area (Å²) in [6.45, 7) is 3.54. The van der Waals surface area contributed by atoms with E-state index >= 15 is 0 Å². The van der Waals surface area contributed by atoms with Gasteiger partial charge in [0.2, 0.25) is 5.91 Å². The van der Waals surface area contributed by atoms with Crippen molar-refractivity contribution >= 4 is 34.8 Å². The number of benzene rings is 1. The first-order valence-corrected chi connectivity index (χ1v) is 7.18. The molecule has 6 nitrogen and oxygen atoms in total. The topological polar surface area (TPSA) is 71.8 Å². The lowest BCUT2D eigenvalue weighted by Crippen LogP contribution is -2.19. The minimum Gasteiger partial charge on any atom is -0.323 e. The number of nitrogens with zero attached hydrogens (tertiary/aromatic N) is 3. The van der Waals surface area contributed by atoms with Crippen LogP contribution in [0.4, 0.5) is 5.69 Å². The third-order valence-electron chi connectivity index (χ3n) is 2.65. The lowest BCUT2D eigenvalue weighted by Gasteiger charge is -2.07. The van der Waals surface area contributed by atoms with Crippen molar-refractivity contribution < 1.29 is 4.79 Å². The fraction of sp³-hybridized carbons (Fsp3) is 0.308. The van der Waals surface area contributed by atoms with Gasteiger partial charge in [-0.05, 0) is 24.7 Å². The fourth-order valence-corrected chi connectivity index (χ4v) is 2.02. The smallest absolute Gasteiger partial charge is 0.246 e. The number of amides is 1. The maximum Gasteiger partial charge on any atom is 0.246 e. The molecule has 0 fully saturated rings. The van der Waals surface area contributed by atoms with Gasteiger partial charge in [-0.2, -0.15) is 0 Å². The SMILES string of the molecule is CCNCc1cn(CC(=O)Nc2cc(Cl)ccc2Cl)nn1. The number of carbonyl (C=O) groups excluding carboxylic acids is 1.